The number of benzene rings is 3. The zero-order valence-corrected chi connectivity index (χ0v) is 23.6. The minimum atomic E-state index is -5.12. The molecular weight excluding hydrogens is 592 g/mol. The summed E-state index contributed by atoms with van der Waals surface area (Å²) in [6.07, 6.45) is -6.00. The average molecular weight is 620 g/mol. The molecule has 0 spiro atoms. The molecule has 0 fully saturated rings. The van der Waals surface area contributed by atoms with Gasteiger partial charge in [-0.2, -0.15) is 26.3 Å². The van der Waals surface area contributed by atoms with E-state index in [9.17, 15) is 35.9 Å². The van der Waals surface area contributed by atoms with Crippen LogP contribution >= 0.6 is 0 Å². The molecule has 1 heterocycles. The van der Waals surface area contributed by atoms with E-state index in [-0.39, 0.29) is 12.5 Å². The van der Waals surface area contributed by atoms with Gasteiger partial charge in [-0.1, -0.05) is 24.3 Å². The van der Waals surface area contributed by atoms with Gasteiger partial charge in [0.05, 0.1) is 31.4 Å². The monoisotopic (exact) mass is 619 g/mol. The van der Waals surface area contributed by atoms with Gasteiger partial charge in [-0.05, 0) is 48.4 Å². The van der Waals surface area contributed by atoms with Crippen molar-refractivity contribution in [1.82, 2.24) is 9.88 Å². The topological polar surface area (TPSA) is 83.7 Å². The van der Waals surface area contributed by atoms with E-state index in [1.165, 1.54) is 33.4 Å². The number of likely N-dealkylation sites (N-methyl/N-ethyl adjacent to an activating group) is 1. The predicted molar refractivity (Wildman–Crippen MR) is 152 cm³/mol. The lowest BCUT2D eigenvalue weighted by Crippen LogP contribution is -2.37. The van der Waals surface area contributed by atoms with Crippen molar-refractivity contribution in [2.75, 3.05) is 26.6 Å². The number of methoxy groups -OCH3 is 2. The molecule has 4 rings (SSSR count). The van der Waals surface area contributed by atoms with Crippen LogP contribution in [-0.2, 0) is 23.6 Å². The van der Waals surface area contributed by atoms with Crippen LogP contribution in [0.2, 0.25) is 0 Å². The van der Waals surface area contributed by atoms with E-state index in [2.05, 4.69) is 10.3 Å². The Hall–Kier alpha value is -4.94. The van der Waals surface area contributed by atoms with Gasteiger partial charge in [-0.15, -0.1) is 0 Å². The Balaban J connectivity index is 1.67. The number of aromatic amines is 1. The molecule has 0 bridgehead atoms. The number of fused-ring (bicyclic) bond motifs is 1. The molecule has 13 heteroatoms. The van der Waals surface area contributed by atoms with Gasteiger partial charge in [-0.25, -0.2) is 0 Å². The predicted octanol–water partition coefficient (Wildman–Crippen LogP) is 7.10. The van der Waals surface area contributed by atoms with E-state index in [0.717, 1.165) is 21.9 Å². The maximum atomic E-state index is 13.5. The van der Waals surface area contributed by atoms with Crippen LogP contribution in [0.5, 0.6) is 11.5 Å². The number of H-pyrrole nitrogens is 1. The zero-order valence-electron chi connectivity index (χ0n) is 23.6. The first kappa shape index (κ1) is 32.0. The van der Waals surface area contributed by atoms with Crippen molar-refractivity contribution in [1.29, 1.82) is 0 Å². The molecule has 0 aliphatic carbocycles. The molecule has 44 heavy (non-hydrogen) atoms. The van der Waals surface area contributed by atoms with Gasteiger partial charge in [0, 0.05) is 47.5 Å². The number of amides is 2. The highest BCUT2D eigenvalue weighted by molar-refractivity contribution is 6.00. The van der Waals surface area contributed by atoms with E-state index >= 15 is 0 Å². The van der Waals surface area contributed by atoms with Gasteiger partial charge in [0.1, 0.15) is 0 Å². The highest BCUT2D eigenvalue weighted by atomic mass is 19.4. The van der Waals surface area contributed by atoms with Gasteiger partial charge in [0.15, 0.2) is 11.5 Å². The molecule has 1 atom stereocenters. The maximum Gasteiger partial charge on any atom is 0.416 e. The van der Waals surface area contributed by atoms with E-state index < -0.39 is 46.9 Å². The minimum absolute atomic E-state index is 0.0431. The molecule has 0 radical (unpaired) electrons. The molecule has 0 aliphatic rings. The fourth-order valence-electron chi connectivity index (χ4n) is 4.59. The van der Waals surface area contributed by atoms with Crippen LogP contribution in [0.1, 0.15) is 27.0 Å². The van der Waals surface area contributed by atoms with Crippen molar-refractivity contribution in [3.63, 3.8) is 0 Å². The van der Waals surface area contributed by atoms with Crippen LogP contribution < -0.4 is 14.8 Å². The van der Waals surface area contributed by atoms with Crippen molar-refractivity contribution in [2.45, 2.75) is 24.8 Å². The number of alkyl halides is 6. The molecule has 0 aliphatic heterocycles. The summed E-state index contributed by atoms with van der Waals surface area (Å²) in [5, 5.41) is 3.43. The largest absolute Gasteiger partial charge is 0.493 e. The molecule has 1 aromatic heterocycles. The number of rotatable bonds is 9. The third-order valence-electron chi connectivity index (χ3n) is 6.88. The second-order valence-corrected chi connectivity index (χ2v) is 9.76. The molecule has 232 valence electrons. The number of hydrogen-bond acceptors (Lipinski definition) is 4. The smallest absolute Gasteiger partial charge is 0.416 e. The van der Waals surface area contributed by atoms with Gasteiger partial charge in [-0.3, -0.25) is 9.59 Å². The Morgan fingerprint density at radius 1 is 0.909 bits per heavy atom. The minimum Gasteiger partial charge on any atom is -0.493 e. The summed E-state index contributed by atoms with van der Waals surface area (Å²) in [5.41, 5.74) is -2.18. The number of nitrogens with one attached hydrogen (secondary N) is 2. The summed E-state index contributed by atoms with van der Waals surface area (Å²) in [6, 6.07) is 11.7. The number of carbonyl (C=O) groups excluding carboxylic acids is 2. The molecule has 1 unspecified atom stereocenters. The van der Waals surface area contributed by atoms with Gasteiger partial charge < -0.3 is 24.7 Å². The highest BCUT2D eigenvalue weighted by Gasteiger charge is 2.38. The quantitative estimate of drug-likeness (QED) is 0.155. The van der Waals surface area contributed by atoms with Crippen LogP contribution in [0.25, 0.3) is 10.9 Å². The van der Waals surface area contributed by atoms with Crippen LogP contribution in [0.4, 0.5) is 32.0 Å². The second-order valence-electron chi connectivity index (χ2n) is 9.76. The maximum absolute atomic E-state index is 13.5. The first-order chi connectivity index (χ1) is 20.7. The molecule has 0 saturated heterocycles. The van der Waals surface area contributed by atoms with E-state index in [1.807, 2.05) is 12.1 Å². The third-order valence-corrected chi connectivity index (χ3v) is 6.88. The van der Waals surface area contributed by atoms with Gasteiger partial charge >= 0.3 is 12.4 Å². The molecule has 2 N–H and O–H groups in total. The van der Waals surface area contributed by atoms with Crippen molar-refractivity contribution >= 4 is 28.4 Å². The highest BCUT2D eigenvalue weighted by Crippen LogP contribution is 2.37. The number of para-hydroxylation sites is 1. The normalized spacial score (nSPS) is 12.8. The Labute approximate surface area is 248 Å². The van der Waals surface area contributed by atoms with E-state index in [4.69, 9.17) is 9.47 Å². The third kappa shape index (κ3) is 7.33. The van der Waals surface area contributed by atoms with Crippen molar-refractivity contribution in [3.8, 4) is 11.5 Å². The number of halogens is 6. The summed E-state index contributed by atoms with van der Waals surface area (Å²) in [7, 11) is 4.12. The lowest BCUT2D eigenvalue weighted by Gasteiger charge is -2.27. The molecule has 7 nitrogen and oxygen atoms in total. The average Bonchev–Trinajstić information content (AvgIpc) is 3.39. The van der Waals surface area contributed by atoms with Crippen LogP contribution in [0.3, 0.4) is 0 Å². The first-order valence-electron chi connectivity index (χ1n) is 13.0. The Bertz CT molecular complexity index is 1660. The number of aromatic nitrogens is 1. The molecule has 2 amide bonds. The number of nitrogens with zero attached hydrogens (tertiary/aromatic N) is 1. The second kappa shape index (κ2) is 12.7. The standard InChI is InChI=1S/C31H27F6N3O4/c1-40(29(42)18-12-20(30(32,33)34)15-21(13-18)31(35,36)37)23(14-19-17-38-25-7-5-4-6-24(19)25)9-11-28(41)39-22-8-10-26(43-2)27(16-22)44-3/h4-13,15-17,23,38H,14H2,1-3H3,(H,39,41). The molecular formula is C31H27F6N3O4. The Morgan fingerprint density at radius 2 is 1.55 bits per heavy atom. The molecule has 4 aromatic rings. The van der Waals surface area contributed by atoms with Gasteiger partial charge in [0.25, 0.3) is 5.91 Å². The van der Waals surface area contributed by atoms with Crippen LogP contribution in [0, 0.1) is 0 Å². The fourth-order valence-corrected chi connectivity index (χ4v) is 4.59. The SMILES string of the molecule is COc1ccc(NC(=O)C=CC(Cc2c[nH]c3ccccc23)N(C)C(=O)c2cc(C(F)(F)F)cc(C(F)(F)F)c2)cc1OC. The van der Waals surface area contributed by atoms with Crippen molar-refractivity contribution in [2.24, 2.45) is 0 Å². The van der Waals surface area contributed by atoms with E-state index in [1.54, 1.807) is 30.5 Å². The number of ether oxygens (including phenoxy) is 2. The summed E-state index contributed by atoms with van der Waals surface area (Å²) < 4.78 is 91.2. The summed E-state index contributed by atoms with van der Waals surface area (Å²) >= 11 is 0. The lowest BCUT2D eigenvalue weighted by molar-refractivity contribution is -0.143. The Morgan fingerprint density at radius 3 is 2.16 bits per heavy atom. The van der Waals surface area contributed by atoms with Crippen LogP contribution in [0.15, 0.2) is 79.0 Å². The number of carbonyl (C=O) groups is 2. The molecule has 3 aromatic carbocycles. The van der Waals surface area contributed by atoms with Crippen LogP contribution in [-0.4, -0.2) is 49.0 Å². The lowest BCUT2D eigenvalue weighted by atomic mass is 10.0. The van der Waals surface area contributed by atoms with Crippen molar-refractivity contribution in [3.05, 3.63) is 101 Å². The Kier molecular flexibility index (Phi) is 9.26. The summed E-state index contributed by atoms with van der Waals surface area (Å²) in [5.74, 6) is -0.920. The summed E-state index contributed by atoms with van der Waals surface area (Å²) in [4.78, 5) is 30.3. The summed E-state index contributed by atoms with van der Waals surface area (Å²) in [6.45, 7) is 0. The fraction of sp³-hybridized carbons (Fsp3) is 0.226. The zero-order chi connectivity index (χ0) is 32.2. The van der Waals surface area contributed by atoms with Crippen molar-refractivity contribution < 1.29 is 45.4 Å². The van der Waals surface area contributed by atoms with Gasteiger partial charge in [0.2, 0.25) is 5.91 Å². The van der Waals surface area contributed by atoms with E-state index in [0.29, 0.717) is 34.9 Å². The first-order valence-corrected chi connectivity index (χ1v) is 13.0. The number of hydrogen-bond donors (Lipinski definition) is 2. The number of anilines is 1. The molecule has 0 saturated carbocycles.